The molecular formula is C18H17NO3. The van der Waals surface area contributed by atoms with Crippen LogP contribution in [0.2, 0.25) is 0 Å². The van der Waals surface area contributed by atoms with E-state index in [9.17, 15) is 9.59 Å². The van der Waals surface area contributed by atoms with E-state index in [1.807, 2.05) is 43.3 Å². The Morgan fingerprint density at radius 1 is 1.23 bits per heavy atom. The molecule has 22 heavy (non-hydrogen) atoms. The van der Waals surface area contributed by atoms with Gasteiger partial charge in [-0.2, -0.15) is 0 Å². The summed E-state index contributed by atoms with van der Waals surface area (Å²) in [7, 11) is 0. The van der Waals surface area contributed by atoms with E-state index in [0.717, 1.165) is 16.7 Å². The number of nitrogens with one attached hydrogen (secondary N) is 1. The van der Waals surface area contributed by atoms with Crippen LogP contribution in [-0.2, 0) is 22.5 Å². The first-order valence-electron chi connectivity index (χ1n) is 7.25. The number of amides is 1. The van der Waals surface area contributed by atoms with Gasteiger partial charge in [-0.1, -0.05) is 48.0 Å². The summed E-state index contributed by atoms with van der Waals surface area (Å²) >= 11 is 0. The molecular weight excluding hydrogens is 278 g/mol. The van der Waals surface area contributed by atoms with Crippen LogP contribution in [0.5, 0.6) is 0 Å². The van der Waals surface area contributed by atoms with Gasteiger partial charge in [0.15, 0.2) is 6.10 Å². The minimum atomic E-state index is -0.757. The van der Waals surface area contributed by atoms with Gasteiger partial charge in [0.1, 0.15) is 0 Å². The average molecular weight is 295 g/mol. The van der Waals surface area contributed by atoms with Gasteiger partial charge in [0.05, 0.1) is 5.56 Å². The molecule has 4 nitrogen and oxygen atoms in total. The number of aryl methyl sites for hydroxylation is 1. The lowest BCUT2D eigenvalue weighted by molar-refractivity contribution is -0.130. The van der Waals surface area contributed by atoms with E-state index in [1.165, 1.54) is 0 Å². The third kappa shape index (κ3) is 3.01. The van der Waals surface area contributed by atoms with Gasteiger partial charge in [0.2, 0.25) is 0 Å². The maximum atomic E-state index is 12.2. The van der Waals surface area contributed by atoms with Gasteiger partial charge in [-0.05, 0) is 24.1 Å². The van der Waals surface area contributed by atoms with Crippen LogP contribution in [-0.4, -0.2) is 18.0 Å². The number of hydrogen-bond donors (Lipinski definition) is 1. The molecule has 1 atom stereocenters. The predicted molar refractivity (Wildman–Crippen MR) is 82.4 cm³/mol. The van der Waals surface area contributed by atoms with Crippen LogP contribution >= 0.6 is 0 Å². The van der Waals surface area contributed by atoms with Gasteiger partial charge in [-0.3, -0.25) is 4.79 Å². The molecule has 1 unspecified atom stereocenters. The fourth-order valence-corrected chi connectivity index (χ4v) is 2.60. The molecule has 0 radical (unpaired) electrons. The molecule has 0 aliphatic carbocycles. The normalized spacial score (nSPS) is 16.6. The molecule has 1 aliphatic rings. The second-order valence-electron chi connectivity index (χ2n) is 5.46. The third-order valence-corrected chi connectivity index (χ3v) is 3.73. The van der Waals surface area contributed by atoms with E-state index >= 15 is 0 Å². The van der Waals surface area contributed by atoms with Crippen LogP contribution in [0.15, 0.2) is 48.5 Å². The van der Waals surface area contributed by atoms with E-state index in [2.05, 4.69) is 5.32 Å². The summed E-state index contributed by atoms with van der Waals surface area (Å²) in [6, 6.07) is 15.2. The lowest BCUT2D eigenvalue weighted by Crippen LogP contribution is -2.41. The molecule has 1 N–H and O–H groups in total. The predicted octanol–water partition coefficient (Wildman–Crippen LogP) is 2.39. The van der Waals surface area contributed by atoms with E-state index in [-0.39, 0.29) is 5.91 Å². The van der Waals surface area contributed by atoms with Gasteiger partial charge in [-0.25, -0.2) is 4.79 Å². The quantitative estimate of drug-likeness (QED) is 0.885. The molecule has 0 saturated carbocycles. The molecule has 0 aromatic heterocycles. The maximum Gasteiger partial charge on any atom is 0.339 e. The highest BCUT2D eigenvalue weighted by Gasteiger charge is 2.30. The lowest BCUT2D eigenvalue weighted by atomic mass is 9.98. The number of fused-ring (bicyclic) bond motifs is 1. The van der Waals surface area contributed by atoms with E-state index in [4.69, 9.17) is 4.74 Å². The number of rotatable bonds is 3. The van der Waals surface area contributed by atoms with Crippen LogP contribution in [0.4, 0.5) is 0 Å². The van der Waals surface area contributed by atoms with Crippen LogP contribution < -0.4 is 5.32 Å². The summed E-state index contributed by atoms with van der Waals surface area (Å²) in [5.41, 5.74) is 3.57. The number of benzene rings is 2. The molecule has 112 valence electrons. The maximum absolute atomic E-state index is 12.2. The number of carbonyl (C=O) groups excluding carboxylic acids is 2. The van der Waals surface area contributed by atoms with Crippen LogP contribution in [0, 0.1) is 6.92 Å². The Kier molecular flexibility index (Phi) is 3.92. The number of cyclic esters (lactones) is 1. The zero-order valence-corrected chi connectivity index (χ0v) is 12.3. The van der Waals surface area contributed by atoms with Gasteiger partial charge < -0.3 is 10.1 Å². The Balaban J connectivity index is 1.65. The molecule has 1 aliphatic heterocycles. The standard InChI is InChI=1S/C18H17NO3/c1-12-5-4-6-13(9-12)11-19-17(20)16-10-14-7-2-3-8-15(14)18(21)22-16/h2-9,16H,10-11H2,1H3,(H,19,20). The Hall–Kier alpha value is -2.62. The molecule has 1 heterocycles. The van der Waals surface area contributed by atoms with Gasteiger partial charge in [-0.15, -0.1) is 0 Å². The highest BCUT2D eigenvalue weighted by molar-refractivity contribution is 5.95. The van der Waals surface area contributed by atoms with Gasteiger partial charge >= 0.3 is 5.97 Å². The summed E-state index contributed by atoms with van der Waals surface area (Å²) in [6.45, 7) is 2.43. The van der Waals surface area contributed by atoms with Crippen molar-refractivity contribution in [2.75, 3.05) is 0 Å². The summed E-state index contributed by atoms with van der Waals surface area (Å²) in [5, 5.41) is 2.83. The van der Waals surface area contributed by atoms with E-state index in [1.54, 1.807) is 12.1 Å². The number of ether oxygens (including phenoxy) is 1. The first-order chi connectivity index (χ1) is 10.6. The number of carbonyl (C=O) groups is 2. The van der Waals surface area contributed by atoms with Gasteiger partial charge in [0, 0.05) is 13.0 Å². The van der Waals surface area contributed by atoms with Crippen molar-refractivity contribution in [1.29, 1.82) is 0 Å². The van der Waals surface area contributed by atoms with Crippen molar-refractivity contribution in [3.63, 3.8) is 0 Å². The zero-order chi connectivity index (χ0) is 15.5. The van der Waals surface area contributed by atoms with Crippen LogP contribution in [0.3, 0.4) is 0 Å². The Morgan fingerprint density at radius 3 is 2.86 bits per heavy atom. The SMILES string of the molecule is Cc1cccc(CNC(=O)C2Cc3ccccc3C(=O)O2)c1. The smallest absolute Gasteiger partial charge is 0.339 e. The molecule has 2 aromatic carbocycles. The Labute approximate surface area is 129 Å². The highest BCUT2D eigenvalue weighted by atomic mass is 16.5. The first-order valence-corrected chi connectivity index (χ1v) is 7.25. The summed E-state index contributed by atoms with van der Waals surface area (Å²) in [6.07, 6.45) is -0.339. The van der Waals surface area contributed by atoms with Gasteiger partial charge in [0.25, 0.3) is 5.91 Å². The van der Waals surface area contributed by atoms with Crippen molar-refractivity contribution in [2.45, 2.75) is 26.0 Å². The van der Waals surface area contributed by atoms with Crippen molar-refractivity contribution in [3.8, 4) is 0 Å². The summed E-state index contributed by atoms with van der Waals surface area (Å²) < 4.78 is 5.24. The molecule has 4 heteroatoms. The van der Waals surface area contributed by atoms with Crippen molar-refractivity contribution >= 4 is 11.9 Å². The second kappa shape index (κ2) is 6.02. The van der Waals surface area contributed by atoms with E-state index in [0.29, 0.717) is 18.5 Å². The second-order valence-corrected chi connectivity index (χ2v) is 5.46. The minimum Gasteiger partial charge on any atom is -0.448 e. The summed E-state index contributed by atoms with van der Waals surface area (Å²) in [5.74, 6) is -0.693. The monoisotopic (exact) mass is 295 g/mol. The number of esters is 1. The van der Waals surface area contributed by atoms with E-state index < -0.39 is 12.1 Å². The molecule has 0 fully saturated rings. The molecule has 0 saturated heterocycles. The minimum absolute atomic E-state index is 0.260. The Morgan fingerprint density at radius 2 is 2.05 bits per heavy atom. The third-order valence-electron chi connectivity index (χ3n) is 3.73. The topological polar surface area (TPSA) is 55.4 Å². The first kappa shape index (κ1) is 14.3. The van der Waals surface area contributed by atoms with Crippen molar-refractivity contribution < 1.29 is 14.3 Å². The zero-order valence-electron chi connectivity index (χ0n) is 12.3. The molecule has 0 bridgehead atoms. The highest BCUT2D eigenvalue weighted by Crippen LogP contribution is 2.20. The lowest BCUT2D eigenvalue weighted by Gasteiger charge is -2.23. The Bertz CT molecular complexity index is 724. The van der Waals surface area contributed by atoms with Crippen molar-refractivity contribution in [1.82, 2.24) is 5.32 Å². The number of hydrogen-bond acceptors (Lipinski definition) is 3. The van der Waals surface area contributed by atoms with Crippen molar-refractivity contribution in [3.05, 3.63) is 70.8 Å². The molecule has 0 spiro atoms. The fourth-order valence-electron chi connectivity index (χ4n) is 2.60. The fraction of sp³-hybridized carbons (Fsp3) is 0.222. The average Bonchev–Trinajstić information content (AvgIpc) is 2.52. The van der Waals surface area contributed by atoms with Crippen LogP contribution in [0.25, 0.3) is 0 Å². The van der Waals surface area contributed by atoms with Crippen LogP contribution in [0.1, 0.15) is 27.0 Å². The molecule has 1 amide bonds. The van der Waals surface area contributed by atoms with Crippen molar-refractivity contribution in [2.24, 2.45) is 0 Å². The summed E-state index contributed by atoms with van der Waals surface area (Å²) in [4.78, 5) is 24.1. The molecule has 3 rings (SSSR count). The largest absolute Gasteiger partial charge is 0.448 e. The molecule has 2 aromatic rings.